The van der Waals surface area contributed by atoms with Crippen LogP contribution in [0.1, 0.15) is 18.4 Å². The van der Waals surface area contributed by atoms with Crippen molar-refractivity contribution in [1.82, 2.24) is 0 Å². The fourth-order valence-electron chi connectivity index (χ4n) is 1.13. The SMILES string of the molecule is C=CC(=O)CCC=Cc1ccc(O)cc1. The standard InChI is InChI=1S/C13H14O2/c1-2-12(14)6-4-3-5-11-7-9-13(15)10-8-11/h2-3,5,7-10,15H,1,4,6H2. The number of phenolic OH excluding ortho intramolecular Hbond substituents is 1. The van der Waals surface area contributed by atoms with E-state index in [9.17, 15) is 4.79 Å². The van der Waals surface area contributed by atoms with E-state index in [2.05, 4.69) is 6.58 Å². The Balaban J connectivity index is 2.41. The number of aromatic hydroxyl groups is 1. The topological polar surface area (TPSA) is 37.3 Å². The zero-order valence-electron chi connectivity index (χ0n) is 8.52. The molecule has 0 atom stereocenters. The minimum Gasteiger partial charge on any atom is -0.508 e. The lowest BCUT2D eigenvalue weighted by Crippen LogP contribution is -1.88. The van der Waals surface area contributed by atoms with Crippen molar-refractivity contribution in [2.24, 2.45) is 0 Å². The molecular formula is C13H14O2. The van der Waals surface area contributed by atoms with Crippen LogP contribution in [0.2, 0.25) is 0 Å². The van der Waals surface area contributed by atoms with Gasteiger partial charge in [0.05, 0.1) is 0 Å². The molecule has 0 radical (unpaired) electrons. The first kappa shape index (κ1) is 11.2. The summed E-state index contributed by atoms with van der Waals surface area (Å²) in [7, 11) is 0. The Morgan fingerprint density at radius 1 is 1.33 bits per heavy atom. The van der Waals surface area contributed by atoms with Crippen LogP contribution in [0.5, 0.6) is 5.75 Å². The van der Waals surface area contributed by atoms with Gasteiger partial charge in [-0.3, -0.25) is 4.79 Å². The highest BCUT2D eigenvalue weighted by atomic mass is 16.3. The molecule has 0 fully saturated rings. The average molecular weight is 202 g/mol. The Morgan fingerprint density at radius 2 is 2.00 bits per heavy atom. The van der Waals surface area contributed by atoms with Gasteiger partial charge >= 0.3 is 0 Å². The van der Waals surface area contributed by atoms with Crippen LogP contribution >= 0.6 is 0 Å². The van der Waals surface area contributed by atoms with Crippen LogP contribution in [-0.2, 0) is 4.79 Å². The van der Waals surface area contributed by atoms with E-state index in [1.807, 2.05) is 24.3 Å². The summed E-state index contributed by atoms with van der Waals surface area (Å²) in [5.74, 6) is 0.319. The third-order valence-corrected chi connectivity index (χ3v) is 1.99. The molecule has 78 valence electrons. The van der Waals surface area contributed by atoms with Crippen LogP contribution in [0, 0.1) is 0 Å². The number of ketones is 1. The normalized spacial score (nSPS) is 10.4. The molecule has 0 aliphatic rings. The van der Waals surface area contributed by atoms with Gasteiger partial charge in [-0.1, -0.05) is 30.9 Å². The lowest BCUT2D eigenvalue weighted by Gasteiger charge is -1.94. The summed E-state index contributed by atoms with van der Waals surface area (Å²) < 4.78 is 0. The molecule has 2 nitrogen and oxygen atoms in total. The lowest BCUT2D eigenvalue weighted by molar-refractivity contribution is -0.114. The molecule has 15 heavy (non-hydrogen) atoms. The zero-order valence-corrected chi connectivity index (χ0v) is 8.52. The molecule has 0 aliphatic carbocycles. The molecule has 0 saturated carbocycles. The molecule has 1 N–H and O–H groups in total. The monoisotopic (exact) mass is 202 g/mol. The number of hydrogen-bond donors (Lipinski definition) is 1. The van der Waals surface area contributed by atoms with Gasteiger partial charge in [0.25, 0.3) is 0 Å². The molecule has 0 unspecified atom stereocenters. The van der Waals surface area contributed by atoms with E-state index in [0.717, 1.165) is 5.56 Å². The van der Waals surface area contributed by atoms with E-state index in [1.165, 1.54) is 6.08 Å². The fraction of sp³-hybridized carbons (Fsp3) is 0.154. The predicted octanol–water partition coefficient (Wildman–Crippen LogP) is 2.94. The number of carbonyl (C=O) groups is 1. The number of hydrogen-bond acceptors (Lipinski definition) is 2. The number of benzene rings is 1. The van der Waals surface area contributed by atoms with E-state index < -0.39 is 0 Å². The van der Waals surface area contributed by atoms with Crippen molar-refractivity contribution in [3.05, 3.63) is 48.6 Å². The molecule has 0 saturated heterocycles. The smallest absolute Gasteiger partial charge is 0.155 e. The first-order chi connectivity index (χ1) is 7.22. The fourth-order valence-corrected chi connectivity index (χ4v) is 1.13. The van der Waals surface area contributed by atoms with Crippen molar-refractivity contribution in [3.63, 3.8) is 0 Å². The molecule has 1 aromatic carbocycles. The summed E-state index contributed by atoms with van der Waals surface area (Å²) in [5.41, 5.74) is 1.01. The number of carbonyl (C=O) groups excluding carboxylic acids is 1. The highest BCUT2D eigenvalue weighted by Gasteiger charge is 1.92. The van der Waals surface area contributed by atoms with E-state index in [4.69, 9.17) is 5.11 Å². The third-order valence-electron chi connectivity index (χ3n) is 1.99. The number of allylic oxidation sites excluding steroid dienone is 2. The molecule has 0 aromatic heterocycles. The van der Waals surface area contributed by atoms with E-state index in [1.54, 1.807) is 12.1 Å². The summed E-state index contributed by atoms with van der Waals surface area (Å²) in [6.07, 6.45) is 6.42. The van der Waals surface area contributed by atoms with E-state index in [-0.39, 0.29) is 11.5 Å². The zero-order chi connectivity index (χ0) is 11.1. The number of phenols is 1. The second-order valence-corrected chi connectivity index (χ2v) is 3.20. The van der Waals surface area contributed by atoms with Gasteiger partial charge in [-0.25, -0.2) is 0 Å². The van der Waals surface area contributed by atoms with Gasteiger partial charge in [0, 0.05) is 6.42 Å². The molecule has 0 bridgehead atoms. The summed E-state index contributed by atoms with van der Waals surface area (Å²) in [6.45, 7) is 3.41. The minimum absolute atomic E-state index is 0.0605. The Bertz CT molecular complexity index is 361. The second kappa shape index (κ2) is 5.81. The quantitative estimate of drug-likeness (QED) is 0.745. The largest absolute Gasteiger partial charge is 0.508 e. The van der Waals surface area contributed by atoms with Gasteiger partial charge in [0.2, 0.25) is 0 Å². The molecule has 2 heteroatoms. The maximum absolute atomic E-state index is 10.9. The highest BCUT2D eigenvalue weighted by molar-refractivity contribution is 5.89. The maximum Gasteiger partial charge on any atom is 0.155 e. The van der Waals surface area contributed by atoms with Crippen molar-refractivity contribution in [2.45, 2.75) is 12.8 Å². The summed E-state index contributed by atoms with van der Waals surface area (Å²) in [6, 6.07) is 6.91. The average Bonchev–Trinajstić information content (AvgIpc) is 2.26. The first-order valence-electron chi connectivity index (χ1n) is 4.83. The lowest BCUT2D eigenvalue weighted by atomic mass is 10.1. The van der Waals surface area contributed by atoms with Crippen molar-refractivity contribution in [3.8, 4) is 5.75 Å². The predicted molar refractivity (Wildman–Crippen MR) is 61.6 cm³/mol. The van der Waals surface area contributed by atoms with Crippen LogP contribution in [0.25, 0.3) is 6.08 Å². The Hall–Kier alpha value is -1.83. The first-order valence-corrected chi connectivity index (χ1v) is 4.83. The van der Waals surface area contributed by atoms with Crippen LogP contribution in [0.4, 0.5) is 0 Å². The van der Waals surface area contributed by atoms with Crippen molar-refractivity contribution >= 4 is 11.9 Å². The maximum atomic E-state index is 10.9. The number of rotatable bonds is 5. The van der Waals surface area contributed by atoms with Gasteiger partial charge in [-0.2, -0.15) is 0 Å². The van der Waals surface area contributed by atoms with Gasteiger partial charge < -0.3 is 5.11 Å². The molecule has 0 amide bonds. The van der Waals surface area contributed by atoms with E-state index >= 15 is 0 Å². The molecule has 0 aliphatic heterocycles. The molecule has 1 aromatic rings. The Kier molecular flexibility index (Phi) is 4.35. The minimum atomic E-state index is 0.0605. The van der Waals surface area contributed by atoms with Crippen LogP contribution in [0.3, 0.4) is 0 Å². The van der Waals surface area contributed by atoms with Crippen molar-refractivity contribution in [2.75, 3.05) is 0 Å². The van der Waals surface area contributed by atoms with Crippen molar-refractivity contribution < 1.29 is 9.90 Å². The highest BCUT2D eigenvalue weighted by Crippen LogP contribution is 2.11. The molecule has 1 rings (SSSR count). The Morgan fingerprint density at radius 3 is 2.60 bits per heavy atom. The summed E-state index contributed by atoms with van der Waals surface area (Å²) >= 11 is 0. The molecular weight excluding hydrogens is 188 g/mol. The Labute approximate surface area is 89.6 Å². The second-order valence-electron chi connectivity index (χ2n) is 3.20. The molecule has 0 heterocycles. The van der Waals surface area contributed by atoms with Crippen LogP contribution < -0.4 is 0 Å². The third kappa shape index (κ3) is 4.27. The molecule has 0 spiro atoms. The van der Waals surface area contributed by atoms with Gasteiger partial charge in [-0.15, -0.1) is 0 Å². The van der Waals surface area contributed by atoms with Gasteiger partial charge in [0.15, 0.2) is 5.78 Å². The van der Waals surface area contributed by atoms with Gasteiger partial charge in [0.1, 0.15) is 5.75 Å². The van der Waals surface area contributed by atoms with E-state index in [0.29, 0.717) is 12.8 Å². The van der Waals surface area contributed by atoms with Crippen LogP contribution in [0.15, 0.2) is 43.0 Å². The summed E-state index contributed by atoms with van der Waals surface area (Å²) in [5, 5.41) is 9.05. The van der Waals surface area contributed by atoms with Crippen molar-refractivity contribution in [1.29, 1.82) is 0 Å². The summed E-state index contributed by atoms with van der Waals surface area (Å²) in [4.78, 5) is 10.9. The van der Waals surface area contributed by atoms with Gasteiger partial charge in [-0.05, 0) is 30.2 Å². The van der Waals surface area contributed by atoms with Crippen LogP contribution in [-0.4, -0.2) is 10.9 Å².